The van der Waals surface area contributed by atoms with E-state index in [1.54, 1.807) is 5.82 Å². The van der Waals surface area contributed by atoms with Gasteiger partial charge >= 0.3 is 0 Å². The molecule has 1 aromatic heterocycles. The molecule has 0 fully saturated rings. The zero-order valence-corrected chi connectivity index (χ0v) is 23.9. The lowest BCUT2D eigenvalue weighted by Crippen LogP contribution is -2.37. The summed E-state index contributed by atoms with van der Waals surface area (Å²) in [6.45, 7) is 9.37. The Labute approximate surface area is 215 Å². The van der Waals surface area contributed by atoms with Crippen molar-refractivity contribution in [1.82, 2.24) is 4.57 Å². The highest BCUT2D eigenvalue weighted by Crippen LogP contribution is 2.14. The normalized spacial score (nSPS) is 11.5. The third-order valence-electron chi connectivity index (χ3n) is 7.60. The molecule has 2 heteroatoms. The van der Waals surface area contributed by atoms with Gasteiger partial charge in [-0.1, -0.05) is 136 Å². The molecule has 1 heterocycles. The summed E-state index contributed by atoms with van der Waals surface area (Å²) in [6, 6.07) is 0. The molecule has 0 aliphatic rings. The summed E-state index contributed by atoms with van der Waals surface area (Å²) in [5, 5.41) is 0. The molecule has 34 heavy (non-hydrogen) atoms. The van der Waals surface area contributed by atoms with E-state index in [-0.39, 0.29) is 0 Å². The molecule has 0 radical (unpaired) electrons. The monoisotopic (exact) mass is 475 g/mol. The minimum atomic E-state index is 1.22. The van der Waals surface area contributed by atoms with Crippen LogP contribution in [-0.4, -0.2) is 4.57 Å². The van der Waals surface area contributed by atoms with E-state index in [1.807, 2.05) is 0 Å². The molecule has 0 spiro atoms. The number of nitrogens with zero attached hydrogens (tertiary/aromatic N) is 2. The molecule has 1 aromatic rings. The first-order valence-electron chi connectivity index (χ1n) is 15.9. The number of rotatable bonds is 26. The molecule has 200 valence electrons. The van der Waals surface area contributed by atoms with Gasteiger partial charge in [0.2, 0.25) is 0 Å². The van der Waals surface area contributed by atoms with Crippen LogP contribution in [-0.2, 0) is 19.5 Å². The standard InChI is InChI=1S/C32H63N2/c1-4-7-10-12-14-15-16-17-18-19-20-22-24-26-29-34-31-30-33(32(34)27-9-6-3)28-25-23-21-13-11-8-5-2/h30-31H,4-29H2,1-3H3/q+1. The van der Waals surface area contributed by atoms with Crippen LogP contribution in [0.2, 0.25) is 0 Å². The van der Waals surface area contributed by atoms with Gasteiger partial charge in [-0.3, -0.25) is 0 Å². The van der Waals surface area contributed by atoms with Crippen molar-refractivity contribution in [2.45, 2.75) is 188 Å². The molecule has 0 aliphatic carbocycles. The van der Waals surface area contributed by atoms with Gasteiger partial charge in [0.1, 0.15) is 12.4 Å². The maximum atomic E-state index is 2.58. The molecule has 0 aromatic carbocycles. The van der Waals surface area contributed by atoms with Crippen LogP contribution in [0.15, 0.2) is 12.4 Å². The van der Waals surface area contributed by atoms with Crippen molar-refractivity contribution in [2.24, 2.45) is 0 Å². The molecule has 0 atom stereocenters. The number of aromatic nitrogens is 2. The Balaban J connectivity index is 2.11. The molecule has 0 N–H and O–H groups in total. The van der Waals surface area contributed by atoms with Crippen molar-refractivity contribution >= 4 is 0 Å². The van der Waals surface area contributed by atoms with Gasteiger partial charge in [0, 0.05) is 6.42 Å². The first-order valence-corrected chi connectivity index (χ1v) is 15.9. The third kappa shape index (κ3) is 16.8. The zero-order valence-electron chi connectivity index (χ0n) is 23.9. The molecule has 2 nitrogen and oxygen atoms in total. The minimum absolute atomic E-state index is 1.22. The van der Waals surface area contributed by atoms with Gasteiger partial charge in [-0.15, -0.1) is 0 Å². The number of unbranched alkanes of at least 4 members (excludes halogenated alkanes) is 20. The number of imidazole rings is 1. The van der Waals surface area contributed by atoms with E-state index >= 15 is 0 Å². The van der Waals surface area contributed by atoms with Crippen molar-refractivity contribution in [3.05, 3.63) is 18.2 Å². The zero-order chi connectivity index (χ0) is 24.5. The first kappa shape index (κ1) is 31.2. The summed E-state index contributed by atoms with van der Waals surface area (Å²) in [7, 11) is 0. The number of aryl methyl sites for hydroxylation is 2. The van der Waals surface area contributed by atoms with Crippen LogP contribution in [0, 0.1) is 0 Å². The second-order valence-corrected chi connectivity index (χ2v) is 10.9. The quantitative estimate of drug-likeness (QED) is 0.0930. The summed E-state index contributed by atoms with van der Waals surface area (Å²) < 4.78 is 5.16. The van der Waals surface area contributed by atoms with E-state index in [0.717, 1.165) is 0 Å². The number of hydrogen-bond acceptors (Lipinski definition) is 0. The molecular formula is C32H63N2+. The topological polar surface area (TPSA) is 8.81 Å². The fourth-order valence-corrected chi connectivity index (χ4v) is 5.24. The van der Waals surface area contributed by atoms with Crippen LogP contribution >= 0.6 is 0 Å². The van der Waals surface area contributed by atoms with E-state index in [4.69, 9.17) is 0 Å². The average molecular weight is 476 g/mol. The minimum Gasteiger partial charge on any atom is -0.234 e. The second-order valence-electron chi connectivity index (χ2n) is 10.9. The van der Waals surface area contributed by atoms with Gasteiger partial charge < -0.3 is 0 Å². The summed E-state index contributed by atoms with van der Waals surface area (Å²) in [5.74, 6) is 1.59. The van der Waals surface area contributed by atoms with E-state index < -0.39 is 0 Å². The van der Waals surface area contributed by atoms with Crippen LogP contribution in [0.4, 0.5) is 0 Å². The van der Waals surface area contributed by atoms with Crippen LogP contribution in [0.25, 0.3) is 0 Å². The molecule has 0 amide bonds. The fourth-order valence-electron chi connectivity index (χ4n) is 5.24. The Hall–Kier alpha value is -0.790. The van der Waals surface area contributed by atoms with Crippen molar-refractivity contribution < 1.29 is 4.57 Å². The summed E-state index contributed by atoms with van der Waals surface area (Å²) in [4.78, 5) is 0. The van der Waals surface area contributed by atoms with Gasteiger partial charge in [-0.25, -0.2) is 9.13 Å². The summed E-state index contributed by atoms with van der Waals surface area (Å²) in [6.07, 6.45) is 38.6. The van der Waals surface area contributed by atoms with Crippen molar-refractivity contribution in [3.8, 4) is 0 Å². The molecule has 0 unspecified atom stereocenters. The Morgan fingerprint density at radius 1 is 0.500 bits per heavy atom. The fraction of sp³-hybridized carbons (Fsp3) is 0.906. The third-order valence-corrected chi connectivity index (χ3v) is 7.60. The lowest BCUT2D eigenvalue weighted by molar-refractivity contribution is -0.704. The highest BCUT2D eigenvalue weighted by atomic mass is 15.1. The van der Waals surface area contributed by atoms with E-state index in [0.29, 0.717) is 0 Å². The predicted octanol–water partition coefficient (Wildman–Crippen LogP) is 10.4. The Kier molecular flexibility index (Phi) is 22.0. The highest BCUT2D eigenvalue weighted by molar-refractivity contribution is 4.84. The van der Waals surface area contributed by atoms with Crippen molar-refractivity contribution in [2.75, 3.05) is 0 Å². The lowest BCUT2D eigenvalue weighted by Gasteiger charge is -2.06. The number of hydrogen-bond donors (Lipinski definition) is 0. The molecule has 1 rings (SSSR count). The second kappa shape index (κ2) is 23.9. The maximum Gasteiger partial charge on any atom is 0.256 e. The van der Waals surface area contributed by atoms with Crippen LogP contribution in [0.3, 0.4) is 0 Å². The Bertz CT molecular complexity index is 533. The van der Waals surface area contributed by atoms with Crippen molar-refractivity contribution in [3.63, 3.8) is 0 Å². The van der Waals surface area contributed by atoms with E-state index in [2.05, 4.69) is 42.3 Å². The largest absolute Gasteiger partial charge is 0.256 e. The lowest BCUT2D eigenvalue weighted by atomic mass is 10.0. The Morgan fingerprint density at radius 2 is 0.912 bits per heavy atom. The van der Waals surface area contributed by atoms with Crippen LogP contribution in [0.1, 0.15) is 174 Å². The summed E-state index contributed by atoms with van der Waals surface area (Å²) >= 11 is 0. The van der Waals surface area contributed by atoms with E-state index in [1.165, 1.54) is 167 Å². The van der Waals surface area contributed by atoms with Crippen molar-refractivity contribution in [1.29, 1.82) is 0 Å². The molecule has 0 bridgehead atoms. The van der Waals surface area contributed by atoms with Gasteiger partial charge in [-0.05, 0) is 32.1 Å². The first-order chi connectivity index (χ1) is 16.8. The van der Waals surface area contributed by atoms with Gasteiger partial charge in [0.15, 0.2) is 0 Å². The van der Waals surface area contributed by atoms with Crippen LogP contribution < -0.4 is 4.57 Å². The molecular weight excluding hydrogens is 412 g/mol. The maximum absolute atomic E-state index is 2.58. The average Bonchev–Trinajstić information content (AvgIpc) is 3.23. The summed E-state index contributed by atoms with van der Waals surface area (Å²) in [5.41, 5.74) is 0. The predicted molar refractivity (Wildman–Crippen MR) is 152 cm³/mol. The smallest absolute Gasteiger partial charge is 0.234 e. The molecule has 0 aliphatic heterocycles. The van der Waals surface area contributed by atoms with Crippen LogP contribution in [0.5, 0.6) is 0 Å². The van der Waals surface area contributed by atoms with Gasteiger partial charge in [0.25, 0.3) is 5.82 Å². The Morgan fingerprint density at radius 3 is 1.38 bits per heavy atom. The van der Waals surface area contributed by atoms with Gasteiger partial charge in [0.05, 0.1) is 13.1 Å². The molecule has 0 saturated carbocycles. The SMILES string of the molecule is CCCCCCCCCCCCCCCC[n+]1ccn(CCCCCCCCC)c1CCCC. The highest BCUT2D eigenvalue weighted by Gasteiger charge is 2.16. The molecule has 0 saturated heterocycles. The van der Waals surface area contributed by atoms with Gasteiger partial charge in [-0.2, -0.15) is 0 Å². The van der Waals surface area contributed by atoms with E-state index in [9.17, 15) is 0 Å².